The summed E-state index contributed by atoms with van der Waals surface area (Å²) in [5.41, 5.74) is -0.380. The van der Waals surface area contributed by atoms with Crippen LogP contribution in [-0.4, -0.2) is 105 Å². The van der Waals surface area contributed by atoms with Gasteiger partial charge in [-0.05, 0) is 68.1 Å². The topological polar surface area (TPSA) is 203 Å². The smallest absolute Gasteiger partial charge is 0.377 e. The maximum Gasteiger partial charge on any atom is 0.377 e. The van der Waals surface area contributed by atoms with E-state index in [1.807, 2.05) is 0 Å². The largest absolute Gasteiger partial charge is 0.493 e. The molecule has 4 aliphatic carbocycles. The average Bonchev–Trinajstić information content (AvgIpc) is 2.96. The minimum atomic E-state index is -2.64. The van der Waals surface area contributed by atoms with E-state index in [1.165, 1.54) is 20.3 Å². The molecule has 14 nitrogen and oxygen atoms in total. The zero-order valence-corrected chi connectivity index (χ0v) is 25.9. The Morgan fingerprint density at radius 2 is 1.78 bits per heavy atom. The van der Waals surface area contributed by atoms with Crippen molar-refractivity contribution in [1.29, 1.82) is 0 Å². The Bertz CT molecular complexity index is 1310. The van der Waals surface area contributed by atoms with Crippen LogP contribution in [0.2, 0.25) is 0 Å². The lowest BCUT2D eigenvalue weighted by Gasteiger charge is -2.70. The molecule has 6 N–H and O–H groups in total. The van der Waals surface area contributed by atoms with Gasteiger partial charge in [0.25, 0.3) is 5.79 Å². The van der Waals surface area contributed by atoms with Crippen LogP contribution < -0.4 is 14.8 Å². The number of aliphatic hydroxyl groups is 4. The number of aliphatic hydroxyl groups excluding tert-OH is 4. The zero-order chi connectivity index (χ0) is 32.5. The van der Waals surface area contributed by atoms with Crippen molar-refractivity contribution in [2.24, 2.45) is 17.8 Å². The molecule has 6 fully saturated rings. The van der Waals surface area contributed by atoms with Gasteiger partial charge in [0.05, 0.1) is 32.3 Å². The van der Waals surface area contributed by atoms with E-state index in [9.17, 15) is 35.1 Å². The zero-order valence-electron chi connectivity index (χ0n) is 25.2. The maximum absolute atomic E-state index is 12.8. The van der Waals surface area contributed by atoms with Gasteiger partial charge in [0.15, 0.2) is 17.1 Å². The van der Waals surface area contributed by atoms with E-state index in [2.05, 4.69) is 5.32 Å². The van der Waals surface area contributed by atoms with E-state index < -0.39 is 72.5 Å². The highest BCUT2D eigenvalue weighted by Gasteiger charge is 2.78. The highest BCUT2D eigenvalue weighted by atomic mass is 35.5. The van der Waals surface area contributed by atoms with Crippen LogP contribution in [0.25, 0.3) is 0 Å². The van der Waals surface area contributed by atoms with E-state index in [0.29, 0.717) is 11.5 Å². The fraction of sp³-hybridized carbons (Fsp3) is 0.733. The summed E-state index contributed by atoms with van der Waals surface area (Å²) in [5.74, 6) is -5.70. The number of carboxylic acids is 1. The van der Waals surface area contributed by atoms with Gasteiger partial charge in [-0.15, -0.1) is 11.6 Å². The summed E-state index contributed by atoms with van der Waals surface area (Å²) in [6.07, 6.45) is -3.47. The number of hydrogen-bond acceptors (Lipinski definition) is 12. The molecule has 2 aliphatic heterocycles. The predicted molar refractivity (Wildman–Crippen MR) is 152 cm³/mol. The third kappa shape index (κ3) is 4.92. The molecular formula is C30H40ClNO13. The molecule has 7 rings (SSSR count). The molecule has 6 aliphatic rings. The summed E-state index contributed by atoms with van der Waals surface area (Å²) in [4.78, 5) is 36.3. The fourth-order valence-corrected chi connectivity index (χ4v) is 9.31. The number of ether oxygens (including phenoxy) is 4. The minimum Gasteiger partial charge on any atom is -0.493 e. The summed E-state index contributed by atoms with van der Waals surface area (Å²) < 4.78 is 23.5. The lowest BCUT2D eigenvalue weighted by molar-refractivity contribution is -0.645. The van der Waals surface area contributed by atoms with Gasteiger partial charge in [-0.3, -0.25) is 4.79 Å². The maximum atomic E-state index is 12.8. The van der Waals surface area contributed by atoms with E-state index in [-0.39, 0.29) is 28.2 Å². The Labute approximate surface area is 264 Å². The molecular weight excluding hydrogens is 618 g/mol. The van der Waals surface area contributed by atoms with Crippen molar-refractivity contribution in [3.63, 3.8) is 0 Å². The first kappa shape index (κ1) is 32.7. The van der Waals surface area contributed by atoms with Crippen molar-refractivity contribution >= 4 is 23.5 Å². The molecule has 250 valence electrons. The molecule has 1 spiro atoms. The Balaban J connectivity index is 1.37. The van der Waals surface area contributed by atoms with Crippen LogP contribution in [0.5, 0.6) is 11.5 Å². The van der Waals surface area contributed by atoms with Crippen molar-refractivity contribution in [1.82, 2.24) is 5.32 Å². The Morgan fingerprint density at radius 3 is 2.29 bits per heavy atom. The number of carbonyl (C=O) groups is 2. The van der Waals surface area contributed by atoms with Crippen LogP contribution in [0.4, 0.5) is 0 Å². The highest BCUT2D eigenvalue weighted by Crippen LogP contribution is 2.71. The van der Waals surface area contributed by atoms with Crippen LogP contribution in [0.3, 0.4) is 0 Å². The summed E-state index contributed by atoms with van der Waals surface area (Å²) in [6.45, 7) is 0.253. The Kier molecular flexibility index (Phi) is 8.32. The number of carboxylic acid groups (broad SMARTS) is 1. The molecule has 0 radical (unpaired) electrons. The first-order valence-corrected chi connectivity index (χ1v) is 15.5. The quantitative estimate of drug-likeness (QED) is 0.150. The second kappa shape index (κ2) is 11.5. The number of nitrogens with one attached hydrogen (secondary N) is 1. The molecule has 5 unspecified atom stereocenters. The molecule has 2 saturated heterocycles. The fourth-order valence-electron chi connectivity index (χ4n) is 8.71. The van der Waals surface area contributed by atoms with E-state index >= 15 is 0 Å². The van der Waals surface area contributed by atoms with Crippen LogP contribution >= 0.6 is 11.6 Å². The molecule has 15 heteroatoms. The van der Waals surface area contributed by atoms with Crippen molar-refractivity contribution < 1.29 is 63.8 Å². The van der Waals surface area contributed by atoms with Gasteiger partial charge in [0.1, 0.15) is 18.3 Å². The number of halogens is 1. The average molecular weight is 658 g/mol. The van der Waals surface area contributed by atoms with Gasteiger partial charge in [-0.1, -0.05) is 0 Å². The van der Waals surface area contributed by atoms with Gasteiger partial charge in [-0.2, -0.15) is 4.89 Å². The second-order valence-corrected chi connectivity index (χ2v) is 13.9. The van der Waals surface area contributed by atoms with Gasteiger partial charge < -0.3 is 49.8 Å². The van der Waals surface area contributed by atoms with Crippen molar-refractivity contribution in [2.75, 3.05) is 20.8 Å². The Hall–Kier alpha value is -2.27. The van der Waals surface area contributed by atoms with Crippen molar-refractivity contribution in [3.8, 4) is 11.5 Å². The van der Waals surface area contributed by atoms with Gasteiger partial charge in [-0.25, -0.2) is 9.68 Å². The third-order valence-corrected chi connectivity index (χ3v) is 10.9. The molecule has 4 saturated carbocycles. The molecule has 1 aromatic carbocycles. The van der Waals surface area contributed by atoms with Gasteiger partial charge >= 0.3 is 11.8 Å². The summed E-state index contributed by atoms with van der Waals surface area (Å²) in [7, 11) is 2.87. The summed E-state index contributed by atoms with van der Waals surface area (Å²) in [6, 6.07) is 3.42. The molecule has 0 aromatic heterocycles. The molecule has 1 aromatic rings. The SMILES string of the molecule is COc1ccc(C2(OC)OOC23C2CC4CC3CC(Cl)(C4)C2)cc1O[C@@]1(C(=O)O)C[C@H](O)[C@@H](NC(C)=O)[C@H](C(O)C(O)CO)O1. The van der Waals surface area contributed by atoms with Crippen LogP contribution in [-0.2, 0) is 34.6 Å². The monoisotopic (exact) mass is 657 g/mol. The Morgan fingerprint density at radius 1 is 1.09 bits per heavy atom. The van der Waals surface area contributed by atoms with Crippen molar-refractivity contribution in [2.45, 2.75) is 98.0 Å². The standard InChI is InChI=1S/C30H40ClNO13/c1-14(34)32-23-19(35)12-28(26(38)39,43-25(23)24(37)20(36)13-33)42-22-8-16(4-5-21(22)40-2)30(41-3)29(44-45-30)17-6-15-7-18(29)11-27(31,9-15)10-17/h4-5,8,15,17-20,23-25,33,35-37H,6-7,9-13H2,1-3H3,(H,32,34)(H,38,39)/t15?,17?,18?,19-,20?,23+,24?,25+,27?,28-,29?,30?/m0/s1. The first-order valence-electron chi connectivity index (χ1n) is 15.1. The predicted octanol–water partition coefficient (Wildman–Crippen LogP) is 0.541. The van der Waals surface area contributed by atoms with Crippen LogP contribution in [0.1, 0.15) is 51.0 Å². The van der Waals surface area contributed by atoms with Crippen LogP contribution in [0, 0.1) is 17.8 Å². The van der Waals surface area contributed by atoms with Gasteiger partial charge in [0.2, 0.25) is 5.91 Å². The van der Waals surface area contributed by atoms with E-state index in [1.54, 1.807) is 12.1 Å². The van der Waals surface area contributed by atoms with E-state index in [0.717, 1.165) is 39.0 Å². The first-order chi connectivity index (χ1) is 21.3. The number of hydrogen-bond donors (Lipinski definition) is 6. The third-order valence-electron chi connectivity index (χ3n) is 10.4. The number of methoxy groups -OCH3 is 2. The summed E-state index contributed by atoms with van der Waals surface area (Å²) >= 11 is 7.02. The number of alkyl halides is 1. The molecule has 2 heterocycles. The molecule has 4 bridgehead atoms. The normalized spacial score (nSPS) is 42.9. The summed E-state index contributed by atoms with van der Waals surface area (Å²) in [5, 5.41) is 54.3. The molecule has 45 heavy (non-hydrogen) atoms. The van der Waals surface area contributed by atoms with E-state index in [4.69, 9.17) is 40.3 Å². The van der Waals surface area contributed by atoms with Crippen LogP contribution in [0.15, 0.2) is 18.2 Å². The second-order valence-electron chi connectivity index (χ2n) is 13.1. The number of aliphatic carboxylic acids is 1. The lowest BCUT2D eigenvalue weighted by Crippen LogP contribution is -2.78. The number of benzene rings is 1. The molecule has 1 amide bonds. The van der Waals surface area contributed by atoms with Crippen molar-refractivity contribution in [3.05, 3.63) is 23.8 Å². The number of carbonyl (C=O) groups excluding carboxylic acids is 1. The molecule has 9 atom stereocenters. The van der Waals surface area contributed by atoms with Gasteiger partial charge in [0, 0.05) is 24.5 Å². The number of rotatable bonds is 10. The highest BCUT2D eigenvalue weighted by molar-refractivity contribution is 6.24. The lowest BCUT2D eigenvalue weighted by atomic mass is 9.46. The number of amides is 1. The minimum absolute atomic E-state index is 0.0505.